The molecule has 0 aliphatic rings. The molecule has 0 aliphatic heterocycles. The Bertz CT molecular complexity index is 513. The van der Waals surface area contributed by atoms with E-state index in [0.29, 0.717) is 0 Å². The lowest BCUT2D eigenvalue weighted by molar-refractivity contribution is 0.786. The number of nitrogens with zero attached hydrogens (tertiary/aromatic N) is 2. The Labute approximate surface area is 116 Å². The van der Waals surface area contributed by atoms with Gasteiger partial charge in [0, 0.05) is 9.13 Å². The summed E-state index contributed by atoms with van der Waals surface area (Å²) in [6.45, 7) is 1.89. The average Bonchev–Trinajstić information content (AvgIpc) is 2.71. The van der Waals surface area contributed by atoms with Crippen LogP contribution in [0, 0.1) is 3.57 Å². The zero-order valence-electron chi connectivity index (χ0n) is 8.45. The number of hydrogen-bond acceptors (Lipinski definition) is 4. The van der Waals surface area contributed by atoms with Crippen LogP contribution in [-0.4, -0.2) is 10.2 Å². The molecule has 0 amide bonds. The van der Waals surface area contributed by atoms with Gasteiger partial charge in [-0.15, -0.1) is 10.2 Å². The van der Waals surface area contributed by atoms with E-state index in [4.69, 9.17) is 17.3 Å². The van der Waals surface area contributed by atoms with Crippen LogP contribution in [0.3, 0.4) is 0 Å². The van der Waals surface area contributed by atoms with Crippen molar-refractivity contribution >= 4 is 45.5 Å². The van der Waals surface area contributed by atoms with E-state index in [1.807, 2.05) is 25.1 Å². The molecule has 3 nitrogen and oxygen atoms in total. The summed E-state index contributed by atoms with van der Waals surface area (Å²) in [5, 5.41) is 10.6. The third-order valence-corrected chi connectivity index (χ3v) is 4.74. The van der Waals surface area contributed by atoms with Crippen molar-refractivity contribution < 1.29 is 0 Å². The van der Waals surface area contributed by atoms with Gasteiger partial charge < -0.3 is 5.73 Å². The van der Waals surface area contributed by atoms with E-state index >= 15 is 0 Å². The lowest BCUT2D eigenvalue weighted by Gasteiger charge is -1.98. The lowest BCUT2D eigenvalue weighted by atomic mass is 10.2. The summed E-state index contributed by atoms with van der Waals surface area (Å²) in [6, 6.07) is 5.77. The summed E-state index contributed by atoms with van der Waals surface area (Å²) in [6.07, 6.45) is 0. The highest BCUT2D eigenvalue weighted by molar-refractivity contribution is 14.1. The van der Waals surface area contributed by atoms with Gasteiger partial charge in [0.15, 0.2) is 0 Å². The molecule has 1 atom stereocenters. The average molecular weight is 366 g/mol. The Balaban J connectivity index is 2.39. The molecule has 1 aromatic heterocycles. The number of hydrogen-bond donors (Lipinski definition) is 1. The van der Waals surface area contributed by atoms with Crippen LogP contribution >= 0.6 is 45.5 Å². The maximum Gasteiger partial charge on any atom is 0.147 e. The van der Waals surface area contributed by atoms with Crippen molar-refractivity contribution in [2.45, 2.75) is 13.0 Å². The van der Waals surface area contributed by atoms with Crippen molar-refractivity contribution in [2.75, 3.05) is 0 Å². The SMILES string of the molecule is CC(N)c1nnc(-c2ccc(I)c(Cl)c2)s1. The Morgan fingerprint density at radius 1 is 1.44 bits per heavy atom. The normalized spacial score (nSPS) is 12.8. The van der Waals surface area contributed by atoms with Gasteiger partial charge in [-0.25, -0.2) is 0 Å². The van der Waals surface area contributed by atoms with E-state index in [2.05, 4.69) is 32.8 Å². The molecule has 2 rings (SSSR count). The first kappa shape index (κ1) is 12.2. The third kappa shape index (κ3) is 2.53. The van der Waals surface area contributed by atoms with Gasteiger partial charge in [-0.3, -0.25) is 0 Å². The number of nitrogens with two attached hydrogens (primary N) is 1. The number of halogens is 2. The Morgan fingerprint density at radius 3 is 2.75 bits per heavy atom. The van der Waals surface area contributed by atoms with Crippen LogP contribution < -0.4 is 5.73 Å². The predicted molar refractivity (Wildman–Crippen MR) is 75.7 cm³/mol. The molecule has 6 heteroatoms. The smallest absolute Gasteiger partial charge is 0.147 e. The maximum absolute atomic E-state index is 6.06. The fourth-order valence-electron chi connectivity index (χ4n) is 1.16. The Hall–Kier alpha value is -0.240. The highest BCUT2D eigenvalue weighted by atomic mass is 127. The van der Waals surface area contributed by atoms with Crippen LogP contribution in [0.15, 0.2) is 18.2 Å². The van der Waals surface area contributed by atoms with E-state index < -0.39 is 0 Å². The second kappa shape index (κ2) is 4.95. The molecule has 0 spiro atoms. The molecule has 84 valence electrons. The first-order chi connectivity index (χ1) is 7.58. The minimum atomic E-state index is -0.0782. The van der Waals surface area contributed by atoms with Crippen molar-refractivity contribution in [1.82, 2.24) is 10.2 Å². The van der Waals surface area contributed by atoms with Crippen LogP contribution in [0.25, 0.3) is 10.6 Å². The molecule has 0 radical (unpaired) electrons. The molecule has 0 fully saturated rings. The summed E-state index contributed by atoms with van der Waals surface area (Å²) in [5.74, 6) is 0. The minimum absolute atomic E-state index is 0.0782. The van der Waals surface area contributed by atoms with Gasteiger partial charge in [0.2, 0.25) is 0 Å². The highest BCUT2D eigenvalue weighted by Gasteiger charge is 2.10. The molecule has 0 saturated heterocycles. The molecule has 0 bridgehead atoms. The van der Waals surface area contributed by atoms with Crippen molar-refractivity contribution in [3.8, 4) is 10.6 Å². The molecule has 1 unspecified atom stereocenters. The Kier molecular flexibility index (Phi) is 3.78. The van der Waals surface area contributed by atoms with Gasteiger partial charge in [0.05, 0.1) is 11.1 Å². The summed E-state index contributed by atoms with van der Waals surface area (Å²) in [5.41, 5.74) is 6.72. The summed E-state index contributed by atoms with van der Waals surface area (Å²) < 4.78 is 1.03. The second-order valence-corrected chi connectivity index (χ2v) is 5.94. The number of aromatic nitrogens is 2. The van der Waals surface area contributed by atoms with Crippen molar-refractivity contribution in [2.24, 2.45) is 5.73 Å². The summed E-state index contributed by atoms with van der Waals surface area (Å²) in [7, 11) is 0. The van der Waals surface area contributed by atoms with Crippen molar-refractivity contribution in [3.63, 3.8) is 0 Å². The maximum atomic E-state index is 6.06. The van der Waals surface area contributed by atoms with Gasteiger partial charge in [0.1, 0.15) is 10.0 Å². The lowest BCUT2D eigenvalue weighted by Crippen LogP contribution is -2.03. The standard InChI is InChI=1S/C10H9ClIN3S/c1-5(13)9-14-15-10(16-9)6-2-3-8(12)7(11)4-6/h2-5H,13H2,1H3. The van der Waals surface area contributed by atoms with E-state index in [9.17, 15) is 0 Å². The minimum Gasteiger partial charge on any atom is -0.322 e. The van der Waals surface area contributed by atoms with Gasteiger partial charge >= 0.3 is 0 Å². The monoisotopic (exact) mass is 365 g/mol. The summed E-state index contributed by atoms with van der Waals surface area (Å²) >= 11 is 9.75. The largest absolute Gasteiger partial charge is 0.322 e. The van der Waals surface area contributed by atoms with Crippen LogP contribution in [0.1, 0.15) is 18.0 Å². The molecule has 1 aromatic carbocycles. The Morgan fingerprint density at radius 2 is 2.19 bits per heavy atom. The first-order valence-electron chi connectivity index (χ1n) is 4.62. The zero-order valence-corrected chi connectivity index (χ0v) is 12.2. The van der Waals surface area contributed by atoms with Crippen LogP contribution in [0.5, 0.6) is 0 Å². The van der Waals surface area contributed by atoms with Crippen LogP contribution in [0.2, 0.25) is 5.02 Å². The first-order valence-corrected chi connectivity index (χ1v) is 6.89. The molecule has 1 heterocycles. The van der Waals surface area contributed by atoms with E-state index in [1.165, 1.54) is 11.3 Å². The van der Waals surface area contributed by atoms with Gasteiger partial charge in [-0.1, -0.05) is 29.0 Å². The van der Waals surface area contributed by atoms with Crippen molar-refractivity contribution in [1.29, 1.82) is 0 Å². The van der Waals surface area contributed by atoms with Gasteiger partial charge in [0.25, 0.3) is 0 Å². The number of rotatable bonds is 2. The second-order valence-electron chi connectivity index (χ2n) is 3.36. The third-order valence-electron chi connectivity index (χ3n) is 2.00. The molecule has 0 saturated carbocycles. The highest BCUT2D eigenvalue weighted by Crippen LogP contribution is 2.29. The molecular formula is C10H9ClIN3S. The van der Waals surface area contributed by atoms with E-state index in [0.717, 1.165) is 24.2 Å². The predicted octanol–water partition coefficient (Wildman–Crippen LogP) is 3.48. The molecule has 2 aromatic rings. The van der Waals surface area contributed by atoms with Crippen LogP contribution in [0.4, 0.5) is 0 Å². The van der Waals surface area contributed by atoms with Crippen LogP contribution in [-0.2, 0) is 0 Å². The topological polar surface area (TPSA) is 51.8 Å². The van der Waals surface area contributed by atoms with E-state index in [1.54, 1.807) is 0 Å². The quantitative estimate of drug-likeness (QED) is 0.829. The van der Waals surface area contributed by atoms with Gasteiger partial charge in [-0.05, 0) is 41.6 Å². The number of benzene rings is 1. The zero-order chi connectivity index (χ0) is 11.7. The fourth-order valence-corrected chi connectivity index (χ4v) is 2.47. The molecule has 2 N–H and O–H groups in total. The van der Waals surface area contributed by atoms with E-state index in [-0.39, 0.29) is 6.04 Å². The molecular weight excluding hydrogens is 357 g/mol. The summed E-state index contributed by atoms with van der Waals surface area (Å²) in [4.78, 5) is 0. The van der Waals surface area contributed by atoms with Gasteiger partial charge in [-0.2, -0.15) is 0 Å². The molecule has 0 aliphatic carbocycles. The fraction of sp³-hybridized carbons (Fsp3) is 0.200. The molecule has 16 heavy (non-hydrogen) atoms. The van der Waals surface area contributed by atoms with Crippen molar-refractivity contribution in [3.05, 3.63) is 31.8 Å².